The van der Waals surface area contributed by atoms with Gasteiger partial charge in [0.05, 0.1) is 12.6 Å². The van der Waals surface area contributed by atoms with Crippen molar-refractivity contribution in [3.63, 3.8) is 0 Å². The number of hydrogen-bond acceptors (Lipinski definition) is 5. The Hall–Kier alpha value is -3.78. The molecule has 1 saturated heterocycles. The number of rotatable bonds is 6. The minimum atomic E-state index is -0.797. The smallest absolute Gasteiger partial charge is 0.295 e. The van der Waals surface area contributed by atoms with Crippen molar-refractivity contribution in [1.82, 2.24) is 9.88 Å². The number of amides is 1. The average molecular weight is 480 g/mol. The quantitative estimate of drug-likeness (QED) is 0.252. The first kappa shape index (κ1) is 22.0. The fraction of sp³-hybridized carbons (Fsp3) is 0.240. The van der Waals surface area contributed by atoms with Gasteiger partial charge in [-0.25, -0.2) is 4.57 Å². The Balaban J connectivity index is 1.53. The first-order chi connectivity index (χ1) is 16.5. The minimum absolute atomic E-state index is 0.0710. The van der Waals surface area contributed by atoms with Crippen molar-refractivity contribution < 1.29 is 28.7 Å². The second-order valence-electron chi connectivity index (χ2n) is 8.09. The summed E-state index contributed by atoms with van der Waals surface area (Å²) < 4.78 is 13.1. The van der Waals surface area contributed by atoms with Gasteiger partial charge in [0.25, 0.3) is 5.91 Å². The summed E-state index contributed by atoms with van der Waals surface area (Å²) in [5, 5.41) is 14.1. The Morgan fingerprint density at radius 1 is 1.12 bits per heavy atom. The van der Waals surface area contributed by atoms with Crippen LogP contribution in [0, 0.1) is 0 Å². The van der Waals surface area contributed by atoms with E-state index in [2.05, 4.69) is 4.98 Å². The van der Waals surface area contributed by atoms with E-state index in [0.717, 1.165) is 0 Å². The van der Waals surface area contributed by atoms with Crippen LogP contribution in [0.15, 0.2) is 66.8 Å². The number of aromatic amines is 1. The van der Waals surface area contributed by atoms with Gasteiger partial charge >= 0.3 is 0 Å². The molecule has 2 aromatic carbocycles. The molecule has 1 unspecified atom stereocenters. The summed E-state index contributed by atoms with van der Waals surface area (Å²) in [6, 6.07) is 10.8. The van der Waals surface area contributed by atoms with Crippen molar-refractivity contribution in [2.75, 3.05) is 19.8 Å². The molecule has 0 spiro atoms. The number of H-pyrrole nitrogens is 1. The molecule has 1 N–H and O–H groups in total. The number of fused-ring (bicyclic) bond motifs is 1. The predicted octanol–water partition coefficient (Wildman–Crippen LogP) is 2.04. The van der Waals surface area contributed by atoms with Crippen LogP contribution in [0.25, 0.3) is 5.76 Å². The molecule has 1 fully saturated rings. The minimum Gasteiger partial charge on any atom is -0.872 e. The summed E-state index contributed by atoms with van der Waals surface area (Å²) in [5.41, 5.74) is 0.848. The van der Waals surface area contributed by atoms with Crippen LogP contribution in [0.1, 0.15) is 23.6 Å². The highest BCUT2D eigenvalue weighted by molar-refractivity contribution is 6.46. The fourth-order valence-electron chi connectivity index (χ4n) is 4.32. The number of nitrogens with zero attached hydrogens (tertiary/aromatic N) is 2. The zero-order chi connectivity index (χ0) is 23.7. The van der Waals surface area contributed by atoms with E-state index in [1.165, 1.54) is 4.90 Å². The summed E-state index contributed by atoms with van der Waals surface area (Å²) in [7, 11) is 0. The lowest BCUT2D eigenvalue weighted by molar-refractivity contribution is -0.695. The van der Waals surface area contributed by atoms with Crippen molar-refractivity contribution >= 4 is 29.1 Å². The number of aryl methyl sites for hydroxylation is 1. The predicted molar refractivity (Wildman–Crippen MR) is 121 cm³/mol. The van der Waals surface area contributed by atoms with E-state index in [9.17, 15) is 14.7 Å². The number of nitrogens with one attached hydrogen (secondary N) is 1. The third-order valence-corrected chi connectivity index (χ3v) is 6.19. The Kier molecular flexibility index (Phi) is 5.98. The van der Waals surface area contributed by atoms with Gasteiger partial charge in [0, 0.05) is 23.6 Å². The van der Waals surface area contributed by atoms with E-state index >= 15 is 0 Å². The third kappa shape index (κ3) is 4.12. The van der Waals surface area contributed by atoms with E-state index < -0.39 is 23.5 Å². The number of benzene rings is 2. The molecular formula is C25H22ClN3O5. The number of likely N-dealkylation sites (tertiary alicyclic amines) is 1. The number of ether oxygens (including phenoxy) is 2. The molecule has 174 valence electrons. The van der Waals surface area contributed by atoms with Crippen molar-refractivity contribution in [2.24, 2.45) is 0 Å². The van der Waals surface area contributed by atoms with Crippen LogP contribution < -0.4 is 19.1 Å². The van der Waals surface area contributed by atoms with Gasteiger partial charge in [0.15, 0.2) is 11.5 Å². The molecule has 34 heavy (non-hydrogen) atoms. The van der Waals surface area contributed by atoms with Crippen molar-refractivity contribution in [2.45, 2.75) is 19.0 Å². The van der Waals surface area contributed by atoms with E-state index in [1.54, 1.807) is 48.7 Å². The molecule has 1 aromatic heterocycles. The second kappa shape index (κ2) is 9.23. The molecule has 0 radical (unpaired) electrons. The first-order valence-corrected chi connectivity index (χ1v) is 11.3. The van der Waals surface area contributed by atoms with Gasteiger partial charge in [0.2, 0.25) is 12.1 Å². The zero-order valence-electron chi connectivity index (χ0n) is 18.2. The molecule has 0 aliphatic carbocycles. The SMILES string of the molecule is O=C1C(=O)N(CCC[n+]2cc[nH]c2)C(c2ccc(Cl)cc2)/C1=C(\[O-])c1ccc2c(c1)OCCO2. The summed E-state index contributed by atoms with van der Waals surface area (Å²) in [5.74, 6) is -0.982. The van der Waals surface area contributed by atoms with Gasteiger partial charge in [0.1, 0.15) is 25.6 Å². The highest BCUT2D eigenvalue weighted by atomic mass is 35.5. The standard InChI is InChI=1S/C25H22ClN3O5/c26-18-5-2-16(3-6-18)22-21(23(30)17-4-7-19-20(14-17)34-13-12-33-19)24(31)25(32)29(22)10-1-9-28-11-8-27-15-28/h2-8,11,14-15,22H,1,9-10,12-13H2,(H,30,31). The average Bonchev–Trinajstić information content (AvgIpc) is 3.46. The van der Waals surface area contributed by atoms with Gasteiger partial charge < -0.3 is 19.5 Å². The Morgan fingerprint density at radius 2 is 1.88 bits per heavy atom. The maximum Gasteiger partial charge on any atom is 0.295 e. The number of carbonyl (C=O) groups is 2. The second-order valence-corrected chi connectivity index (χ2v) is 8.52. The molecule has 0 saturated carbocycles. The summed E-state index contributed by atoms with van der Waals surface area (Å²) >= 11 is 6.06. The van der Waals surface area contributed by atoms with Crippen molar-refractivity contribution in [3.8, 4) is 11.5 Å². The first-order valence-electron chi connectivity index (χ1n) is 11.0. The lowest BCUT2D eigenvalue weighted by Gasteiger charge is -2.28. The number of halogens is 1. The van der Waals surface area contributed by atoms with Gasteiger partial charge in [-0.2, -0.15) is 0 Å². The van der Waals surface area contributed by atoms with Crippen LogP contribution in [-0.4, -0.2) is 41.3 Å². The number of carbonyl (C=O) groups excluding carboxylic acids is 2. The lowest BCUT2D eigenvalue weighted by Crippen LogP contribution is -2.36. The fourth-order valence-corrected chi connectivity index (χ4v) is 4.44. The number of aromatic nitrogens is 2. The number of imidazole rings is 1. The van der Waals surface area contributed by atoms with E-state index in [4.69, 9.17) is 21.1 Å². The van der Waals surface area contributed by atoms with Crippen LogP contribution in [0.5, 0.6) is 11.5 Å². The van der Waals surface area contributed by atoms with Crippen LogP contribution in [0.2, 0.25) is 5.02 Å². The van der Waals surface area contributed by atoms with Gasteiger partial charge in [-0.15, -0.1) is 0 Å². The van der Waals surface area contributed by atoms with E-state index in [1.807, 2.05) is 17.1 Å². The number of Topliss-reactive ketones (excluding diaryl/α,β-unsaturated/α-hetero) is 1. The van der Waals surface area contributed by atoms with Gasteiger partial charge in [-0.1, -0.05) is 35.6 Å². The third-order valence-electron chi connectivity index (χ3n) is 5.94. The van der Waals surface area contributed by atoms with E-state index in [0.29, 0.717) is 54.8 Å². The summed E-state index contributed by atoms with van der Waals surface area (Å²) in [6.07, 6.45) is 6.11. The normalized spacial score (nSPS) is 19.0. The Labute approximate surface area is 201 Å². The molecule has 3 heterocycles. The molecule has 5 rings (SSSR count). The maximum atomic E-state index is 13.6. The topological polar surface area (TPSA) is 98.6 Å². The molecule has 2 aliphatic heterocycles. The molecule has 3 aromatic rings. The molecule has 8 nitrogen and oxygen atoms in total. The van der Waals surface area contributed by atoms with Crippen LogP contribution in [-0.2, 0) is 16.1 Å². The Morgan fingerprint density at radius 3 is 2.62 bits per heavy atom. The highest BCUT2D eigenvalue weighted by Gasteiger charge is 2.44. The highest BCUT2D eigenvalue weighted by Crippen LogP contribution is 2.40. The number of ketones is 1. The van der Waals surface area contributed by atoms with Crippen molar-refractivity contribution in [1.29, 1.82) is 0 Å². The van der Waals surface area contributed by atoms with Gasteiger partial charge in [-0.3, -0.25) is 14.6 Å². The molecule has 1 atom stereocenters. The monoisotopic (exact) mass is 479 g/mol. The summed E-state index contributed by atoms with van der Waals surface area (Å²) in [4.78, 5) is 30.6. The summed E-state index contributed by atoms with van der Waals surface area (Å²) in [6.45, 7) is 1.77. The largest absolute Gasteiger partial charge is 0.872 e. The van der Waals surface area contributed by atoms with Crippen LogP contribution >= 0.6 is 11.6 Å². The molecule has 2 aliphatic rings. The Bertz CT molecular complexity index is 1250. The molecular weight excluding hydrogens is 458 g/mol. The van der Waals surface area contributed by atoms with Crippen molar-refractivity contribution in [3.05, 3.63) is 82.9 Å². The zero-order valence-corrected chi connectivity index (χ0v) is 19.0. The lowest BCUT2D eigenvalue weighted by atomic mass is 9.95. The molecule has 0 bridgehead atoms. The molecule has 9 heteroatoms. The van der Waals surface area contributed by atoms with Crippen LogP contribution in [0.4, 0.5) is 0 Å². The number of hydrogen-bond donors (Lipinski definition) is 1. The maximum absolute atomic E-state index is 13.6. The van der Waals surface area contributed by atoms with E-state index in [-0.39, 0.29) is 11.1 Å². The van der Waals surface area contributed by atoms with Crippen LogP contribution in [0.3, 0.4) is 0 Å². The van der Waals surface area contributed by atoms with Gasteiger partial charge in [-0.05, 0) is 35.4 Å². The molecule has 1 amide bonds.